The Bertz CT molecular complexity index is 7600. The summed E-state index contributed by atoms with van der Waals surface area (Å²) in [5.74, 6) is 0. The second kappa shape index (κ2) is 28.5. The molecule has 20 rings (SSSR count). The van der Waals surface area contributed by atoms with Crippen molar-refractivity contribution in [1.29, 1.82) is 5.26 Å². The first-order valence-electron chi connectivity index (χ1n) is 39.6. The van der Waals surface area contributed by atoms with Crippen molar-refractivity contribution in [3.63, 3.8) is 0 Å². The first-order chi connectivity index (χ1) is 56.7. The van der Waals surface area contributed by atoms with Gasteiger partial charge >= 0.3 is 6.18 Å². The minimum absolute atomic E-state index is 0.00367. The van der Waals surface area contributed by atoms with Crippen LogP contribution in [0, 0.1) is 80.2 Å². The average Bonchev–Trinajstić information content (AvgIpc) is 1.60. The molecule has 9 heteroatoms. The molecule has 0 aliphatic carbocycles. The van der Waals surface area contributed by atoms with E-state index in [-0.39, 0.29) is 11.1 Å². The molecule has 20 aromatic rings. The van der Waals surface area contributed by atoms with Crippen molar-refractivity contribution < 1.29 is 13.2 Å². The molecule has 16 aromatic carbocycles. The highest BCUT2D eigenvalue weighted by Gasteiger charge is 2.37. The summed E-state index contributed by atoms with van der Waals surface area (Å²) in [7, 11) is 0. The molecule has 0 aliphatic rings. The van der Waals surface area contributed by atoms with E-state index in [9.17, 15) is 5.26 Å². The molecule has 562 valence electrons. The monoisotopic (exact) mass is 1520 g/mol. The Balaban J connectivity index is 0.000000156. The summed E-state index contributed by atoms with van der Waals surface area (Å²) in [4.78, 5) is 3.97. The minimum Gasteiger partial charge on any atom is -0.309 e. The summed E-state index contributed by atoms with van der Waals surface area (Å²) in [6.45, 7) is 27.4. The highest BCUT2D eigenvalue weighted by Crippen LogP contribution is 2.50. The zero-order valence-electron chi connectivity index (χ0n) is 66.3. The highest BCUT2D eigenvalue weighted by atomic mass is 19.4. The minimum atomic E-state index is -4.72. The van der Waals surface area contributed by atoms with Crippen LogP contribution < -0.4 is 0 Å². The third-order valence-corrected chi connectivity index (χ3v) is 23.5. The Morgan fingerprint density at radius 1 is 0.274 bits per heavy atom. The second-order valence-electron chi connectivity index (χ2n) is 31.6. The van der Waals surface area contributed by atoms with Gasteiger partial charge in [-0.25, -0.2) is 4.85 Å². The maximum Gasteiger partial charge on any atom is 0.417 e. The predicted octanol–water partition coefficient (Wildman–Crippen LogP) is 30.0. The van der Waals surface area contributed by atoms with Gasteiger partial charge in [-0.1, -0.05) is 228 Å². The number of para-hydroxylation sites is 4. The van der Waals surface area contributed by atoms with E-state index in [2.05, 4.69) is 307 Å². The molecule has 0 fully saturated rings. The van der Waals surface area contributed by atoms with Gasteiger partial charge in [0.25, 0.3) is 0 Å². The predicted molar refractivity (Wildman–Crippen MR) is 481 cm³/mol. The van der Waals surface area contributed by atoms with Gasteiger partial charge in [0.1, 0.15) is 0 Å². The van der Waals surface area contributed by atoms with Gasteiger partial charge in [0, 0.05) is 59.8 Å². The van der Waals surface area contributed by atoms with Crippen molar-refractivity contribution in [3.8, 4) is 95.6 Å². The molecule has 4 aromatic heterocycles. The quantitative estimate of drug-likeness (QED) is 0.126. The summed E-state index contributed by atoms with van der Waals surface area (Å²) < 4.78 is 55.7. The summed E-state index contributed by atoms with van der Waals surface area (Å²) in [6, 6.07) is 110. The Kier molecular flexibility index (Phi) is 17.7. The van der Waals surface area contributed by atoms with E-state index >= 15 is 13.2 Å². The van der Waals surface area contributed by atoms with Crippen LogP contribution in [0.15, 0.2) is 315 Å². The first-order valence-corrected chi connectivity index (χ1v) is 39.6. The van der Waals surface area contributed by atoms with E-state index in [4.69, 9.17) is 6.57 Å². The van der Waals surface area contributed by atoms with Crippen molar-refractivity contribution in [3.05, 3.63) is 388 Å². The largest absolute Gasteiger partial charge is 0.417 e. The van der Waals surface area contributed by atoms with Crippen molar-refractivity contribution in [2.24, 2.45) is 0 Å². The molecule has 0 aliphatic heterocycles. The van der Waals surface area contributed by atoms with E-state index in [1.165, 1.54) is 83.2 Å². The average molecular weight is 1520 g/mol. The fourth-order valence-corrected chi connectivity index (χ4v) is 18.6. The van der Waals surface area contributed by atoms with Gasteiger partial charge in [0.2, 0.25) is 0 Å². The Morgan fingerprint density at radius 3 is 1.05 bits per heavy atom. The standard InChI is InChI=1S/C54H38F3N3.C54H41N3/c1-32-16-21-39(34(3)26-32)37-19-24-49-43(29-37)41-10-5-7-13-47(41)59(49)51-23-18-36(31-58)28-45(51)53-46(54(55,56)57)12-9-15-52(53)60-48-14-8-6-11-42(48)44-30-38(20-25-50(44)60)40-22-17-33(2)27-35(40)4;1-33-24-34(2)27-40(26-33)38-18-21-50-45(30-38)43-13-7-9-15-48(43)56(50)52-23-20-42(55-6)32-47(52)54-37(5)12-11-17-53(54)57-49-16-10-8-14-44(49)46-31-39(19-22-51(46)57)41-28-35(3)25-36(4)29-41/h5-30H,1-4H3;7-32H,1-5H3. The zero-order chi connectivity index (χ0) is 80.4. The first kappa shape index (κ1) is 72.7. The topological polar surface area (TPSA) is 47.9 Å². The van der Waals surface area contributed by atoms with Crippen LogP contribution in [-0.4, -0.2) is 18.3 Å². The Hall–Kier alpha value is -14.5. The fourth-order valence-electron chi connectivity index (χ4n) is 18.6. The lowest BCUT2D eigenvalue weighted by molar-refractivity contribution is -0.137. The molecule has 6 nitrogen and oxygen atoms in total. The maximum absolute atomic E-state index is 15.6. The number of fused-ring (bicyclic) bond motifs is 12. The molecule has 0 atom stereocenters. The second-order valence-corrected chi connectivity index (χ2v) is 31.6. The number of benzene rings is 16. The highest BCUT2D eigenvalue weighted by molar-refractivity contribution is 6.16. The van der Waals surface area contributed by atoms with Crippen molar-refractivity contribution in [2.45, 2.75) is 68.5 Å². The van der Waals surface area contributed by atoms with E-state index in [0.717, 1.165) is 133 Å². The zero-order valence-corrected chi connectivity index (χ0v) is 66.3. The summed E-state index contributed by atoms with van der Waals surface area (Å²) in [6.07, 6.45) is -4.72. The molecule has 0 spiro atoms. The van der Waals surface area contributed by atoms with Gasteiger partial charge in [-0.3, -0.25) is 0 Å². The van der Waals surface area contributed by atoms with Crippen molar-refractivity contribution in [1.82, 2.24) is 18.3 Å². The van der Waals surface area contributed by atoms with Crippen LogP contribution in [0.1, 0.15) is 61.2 Å². The van der Waals surface area contributed by atoms with Gasteiger partial charge in [0.15, 0.2) is 5.69 Å². The number of aryl methyl sites for hydroxylation is 9. The Labute approximate surface area is 677 Å². The van der Waals surface area contributed by atoms with Crippen LogP contribution in [0.3, 0.4) is 0 Å². The molecule has 0 unspecified atom stereocenters. The number of aromatic nitrogens is 4. The Morgan fingerprint density at radius 2 is 0.641 bits per heavy atom. The maximum atomic E-state index is 15.6. The lowest BCUT2D eigenvalue weighted by Gasteiger charge is -2.22. The molecule has 4 heterocycles. The number of rotatable bonds is 10. The SMILES string of the molecule is Cc1ccc(-c2ccc3c(c2)c2ccccc2n3-c2ccc(C#N)cc2-c2c(-n3c4ccccc4c4cc(-c5ccc(C)cc5C)ccc43)cccc2C(F)(F)F)c(C)c1.[C-]#[N+]c1ccc(-n2c3ccccc3c3cc(-c4cc(C)cc(C)c4)ccc32)c(-c2c(C)cccc2-n2c3ccccc3c3cc(-c4cc(C)cc(C)c4)ccc32)c1. The number of hydrogen-bond acceptors (Lipinski definition) is 1. The summed E-state index contributed by atoms with van der Waals surface area (Å²) in [5.41, 5.74) is 33.4. The lowest BCUT2D eigenvalue weighted by atomic mass is 9.93. The molecule has 117 heavy (non-hydrogen) atoms. The number of hydrogen-bond donors (Lipinski definition) is 0. The smallest absolute Gasteiger partial charge is 0.309 e. The van der Waals surface area contributed by atoms with E-state index in [1.807, 2.05) is 63.7 Å². The lowest BCUT2D eigenvalue weighted by Crippen LogP contribution is -2.11. The third-order valence-electron chi connectivity index (χ3n) is 23.5. The molecule has 0 radical (unpaired) electrons. The molecular formula is C108H79F3N6. The van der Waals surface area contributed by atoms with Crippen LogP contribution in [0.2, 0.25) is 0 Å². The van der Waals surface area contributed by atoms with Crippen LogP contribution in [0.25, 0.3) is 182 Å². The number of halogens is 3. The molecule has 0 N–H and O–H groups in total. The molecular weight excluding hydrogens is 1440 g/mol. The van der Waals surface area contributed by atoms with Gasteiger partial charge in [-0.2, -0.15) is 18.4 Å². The van der Waals surface area contributed by atoms with E-state index in [0.29, 0.717) is 22.6 Å². The third kappa shape index (κ3) is 12.5. The fraction of sp³-hybridized carbons (Fsp3) is 0.0926. The summed E-state index contributed by atoms with van der Waals surface area (Å²) >= 11 is 0. The van der Waals surface area contributed by atoms with Gasteiger partial charge < -0.3 is 18.3 Å². The number of nitrogens with zero attached hydrogens (tertiary/aromatic N) is 6. The van der Waals surface area contributed by atoms with Gasteiger partial charge in [-0.15, -0.1) is 0 Å². The van der Waals surface area contributed by atoms with Crippen LogP contribution in [-0.2, 0) is 6.18 Å². The van der Waals surface area contributed by atoms with Crippen LogP contribution in [0.4, 0.5) is 18.9 Å². The van der Waals surface area contributed by atoms with Gasteiger partial charge in [0.05, 0.1) is 90.7 Å². The molecule has 0 bridgehead atoms. The van der Waals surface area contributed by atoms with E-state index in [1.54, 1.807) is 24.3 Å². The number of nitriles is 1. The van der Waals surface area contributed by atoms with Crippen molar-refractivity contribution >= 4 is 92.9 Å². The van der Waals surface area contributed by atoms with Gasteiger partial charge in [-0.05, 0) is 250 Å². The van der Waals surface area contributed by atoms with Crippen LogP contribution >= 0.6 is 0 Å². The normalized spacial score (nSPS) is 11.7. The molecule has 0 saturated heterocycles. The van der Waals surface area contributed by atoms with Crippen LogP contribution in [0.5, 0.6) is 0 Å². The van der Waals surface area contributed by atoms with E-state index < -0.39 is 11.7 Å². The van der Waals surface area contributed by atoms with Crippen molar-refractivity contribution in [2.75, 3.05) is 0 Å². The molecule has 0 amide bonds. The number of alkyl halides is 3. The molecule has 0 saturated carbocycles. The summed E-state index contributed by atoms with van der Waals surface area (Å²) in [5, 5.41) is 18.9.